The van der Waals surface area contributed by atoms with Gasteiger partial charge in [-0.05, 0) is 19.3 Å². The quantitative estimate of drug-likeness (QED) is 0.253. The van der Waals surface area contributed by atoms with Crippen LogP contribution in [0.15, 0.2) is 11.5 Å². The summed E-state index contributed by atoms with van der Waals surface area (Å²) in [7, 11) is 0. The van der Waals surface area contributed by atoms with Gasteiger partial charge in [-0.25, -0.2) is 0 Å². The average Bonchev–Trinajstić information content (AvgIpc) is 1.88. The number of allylic oxidation sites excluding steroid dienone is 2. The van der Waals surface area contributed by atoms with E-state index in [1.165, 1.54) is 0 Å². The van der Waals surface area contributed by atoms with Gasteiger partial charge in [-0.15, -0.1) is 0 Å². The van der Waals surface area contributed by atoms with Crippen LogP contribution >= 0.6 is 0 Å². The first kappa shape index (κ1) is 11.6. The Balaban J connectivity index is 0.000001000. The molecular formula is C6H8KNO3. The van der Waals surface area contributed by atoms with Crippen LogP contribution in [-0.2, 0) is 0 Å². The van der Waals surface area contributed by atoms with Crippen LogP contribution in [0.2, 0.25) is 0 Å². The van der Waals surface area contributed by atoms with Gasteiger partial charge in [0.15, 0.2) is 0 Å². The largest absolute Gasteiger partial charge is 1.00 e. The minimum atomic E-state index is -0.554. The van der Waals surface area contributed by atoms with E-state index in [1.54, 1.807) is 0 Å². The van der Waals surface area contributed by atoms with Crippen molar-refractivity contribution in [3.05, 3.63) is 21.6 Å². The minimum Gasteiger partial charge on any atom is -0.871 e. The predicted molar refractivity (Wildman–Crippen MR) is 32.5 cm³/mol. The molecule has 0 bridgehead atoms. The standard InChI is InChI=1S/C6H9NO3.K/c8-6-4-2-1-3-5(6)7(9)10;/h8H,1-4H2;/q;+1/p-1. The topological polar surface area (TPSA) is 66.2 Å². The molecule has 5 heteroatoms. The zero-order valence-corrected chi connectivity index (χ0v) is 9.62. The summed E-state index contributed by atoms with van der Waals surface area (Å²) in [5.41, 5.74) is -0.105. The first-order chi connectivity index (χ1) is 4.72. The van der Waals surface area contributed by atoms with Crippen LogP contribution in [-0.4, -0.2) is 4.92 Å². The molecule has 4 nitrogen and oxygen atoms in total. The number of hydrogen-bond acceptors (Lipinski definition) is 3. The van der Waals surface area contributed by atoms with E-state index in [-0.39, 0.29) is 62.8 Å². The van der Waals surface area contributed by atoms with Gasteiger partial charge in [0.2, 0.25) is 5.70 Å². The molecule has 0 heterocycles. The molecule has 11 heavy (non-hydrogen) atoms. The molecule has 0 radical (unpaired) electrons. The second-order valence-corrected chi connectivity index (χ2v) is 2.33. The van der Waals surface area contributed by atoms with E-state index in [4.69, 9.17) is 0 Å². The Bertz CT molecular complexity index is 190. The summed E-state index contributed by atoms with van der Waals surface area (Å²) < 4.78 is 0. The van der Waals surface area contributed by atoms with Crippen molar-refractivity contribution < 1.29 is 61.4 Å². The molecule has 0 saturated carbocycles. The van der Waals surface area contributed by atoms with Crippen LogP contribution in [0, 0.1) is 10.1 Å². The van der Waals surface area contributed by atoms with Gasteiger partial charge in [-0.2, -0.15) is 0 Å². The van der Waals surface area contributed by atoms with E-state index in [1.807, 2.05) is 0 Å². The molecule has 0 saturated heterocycles. The molecule has 0 aromatic heterocycles. The first-order valence-corrected chi connectivity index (χ1v) is 3.25. The van der Waals surface area contributed by atoms with Gasteiger partial charge in [0.05, 0.1) is 4.92 Å². The zero-order valence-electron chi connectivity index (χ0n) is 6.50. The van der Waals surface area contributed by atoms with Crippen molar-refractivity contribution in [3.63, 3.8) is 0 Å². The monoisotopic (exact) mass is 181 g/mol. The Labute approximate surface area is 107 Å². The fraction of sp³-hybridized carbons (Fsp3) is 0.667. The van der Waals surface area contributed by atoms with Gasteiger partial charge in [-0.1, -0.05) is 5.76 Å². The Hall–Kier alpha value is 0.576. The SMILES string of the molecule is O=[N+]([O-])C1=C([O-])CCCC1.[K+]. The fourth-order valence-corrected chi connectivity index (χ4v) is 1.05. The van der Waals surface area contributed by atoms with Gasteiger partial charge in [-0.3, -0.25) is 10.1 Å². The van der Waals surface area contributed by atoms with E-state index in [0.29, 0.717) is 12.8 Å². The molecule has 0 aliphatic heterocycles. The molecule has 1 aliphatic rings. The van der Waals surface area contributed by atoms with Crippen LogP contribution in [0.3, 0.4) is 0 Å². The van der Waals surface area contributed by atoms with Crippen molar-refractivity contribution in [2.75, 3.05) is 0 Å². The van der Waals surface area contributed by atoms with E-state index in [9.17, 15) is 15.2 Å². The molecule has 1 rings (SSSR count). The Morgan fingerprint density at radius 2 is 1.82 bits per heavy atom. The zero-order chi connectivity index (χ0) is 7.56. The summed E-state index contributed by atoms with van der Waals surface area (Å²) >= 11 is 0. The number of nitrogens with zero attached hydrogens (tertiary/aromatic N) is 1. The summed E-state index contributed by atoms with van der Waals surface area (Å²) in [6, 6.07) is 0. The van der Waals surface area contributed by atoms with Gasteiger partial charge >= 0.3 is 51.4 Å². The average molecular weight is 181 g/mol. The van der Waals surface area contributed by atoms with Crippen molar-refractivity contribution in [3.8, 4) is 0 Å². The third kappa shape index (κ3) is 3.21. The maximum atomic E-state index is 10.8. The third-order valence-electron chi connectivity index (χ3n) is 1.61. The van der Waals surface area contributed by atoms with Crippen molar-refractivity contribution in [1.82, 2.24) is 0 Å². The molecule has 0 spiro atoms. The number of hydrogen-bond donors (Lipinski definition) is 0. The maximum Gasteiger partial charge on any atom is 1.00 e. The third-order valence-corrected chi connectivity index (χ3v) is 1.61. The van der Waals surface area contributed by atoms with E-state index >= 15 is 0 Å². The molecular weight excluding hydrogens is 173 g/mol. The molecule has 0 fully saturated rings. The van der Waals surface area contributed by atoms with Crippen LogP contribution < -0.4 is 56.5 Å². The second kappa shape index (κ2) is 5.26. The predicted octanol–water partition coefficient (Wildman–Crippen LogP) is -2.59. The molecule has 0 aromatic rings. The Kier molecular flexibility index (Phi) is 5.54. The molecule has 0 aromatic carbocycles. The van der Waals surface area contributed by atoms with Crippen molar-refractivity contribution in [1.29, 1.82) is 0 Å². The molecule has 0 atom stereocenters. The van der Waals surface area contributed by atoms with Gasteiger partial charge in [0, 0.05) is 6.42 Å². The summed E-state index contributed by atoms with van der Waals surface area (Å²) in [5, 5.41) is 20.9. The van der Waals surface area contributed by atoms with Gasteiger partial charge in [0.25, 0.3) is 0 Å². The molecule has 0 amide bonds. The van der Waals surface area contributed by atoms with Crippen molar-refractivity contribution in [2.24, 2.45) is 0 Å². The maximum absolute atomic E-state index is 10.8. The molecule has 56 valence electrons. The summed E-state index contributed by atoms with van der Waals surface area (Å²) in [5.74, 6) is -0.281. The van der Waals surface area contributed by atoms with Crippen LogP contribution in [0.4, 0.5) is 0 Å². The van der Waals surface area contributed by atoms with Crippen molar-refractivity contribution in [2.45, 2.75) is 25.7 Å². The summed E-state index contributed by atoms with van der Waals surface area (Å²) in [4.78, 5) is 9.56. The number of rotatable bonds is 1. The summed E-state index contributed by atoms with van der Waals surface area (Å²) in [6.45, 7) is 0. The van der Waals surface area contributed by atoms with Crippen LogP contribution in [0.5, 0.6) is 0 Å². The molecule has 1 aliphatic carbocycles. The minimum absolute atomic E-state index is 0. The number of nitro groups is 1. The normalized spacial score (nSPS) is 17.5. The summed E-state index contributed by atoms with van der Waals surface area (Å²) in [6.07, 6.45) is 2.29. The second-order valence-electron chi connectivity index (χ2n) is 2.33. The van der Waals surface area contributed by atoms with Gasteiger partial charge < -0.3 is 5.11 Å². The van der Waals surface area contributed by atoms with Crippen LogP contribution in [0.1, 0.15) is 25.7 Å². The Morgan fingerprint density at radius 3 is 2.18 bits per heavy atom. The van der Waals surface area contributed by atoms with Crippen molar-refractivity contribution >= 4 is 0 Å². The Morgan fingerprint density at radius 1 is 1.27 bits per heavy atom. The van der Waals surface area contributed by atoms with Gasteiger partial charge in [0.1, 0.15) is 0 Å². The van der Waals surface area contributed by atoms with E-state index in [0.717, 1.165) is 12.8 Å². The first-order valence-electron chi connectivity index (χ1n) is 3.25. The fourth-order valence-electron chi connectivity index (χ4n) is 1.05. The van der Waals surface area contributed by atoms with Crippen LogP contribution in [0.25, 0.3) is 0 Å². The smallest absolute Gasteiger partial charge is 0.871 e. The van der Waals surface area contributed by atoms with E-state index < -0.39 is 4.92 Å². The molecule has 0 N–H and O–H groups in total. The van der Waals surface area contributed by atoms with E-state index in [2.05, 4.69) is 0 Å². The molecule has 0 unspecified atom stereocenters.